The standard InChI is InChI=1S/C24H26N8O4/c1-29-10-8-26-22(34)19-3-2-9-30(24(19)36)13-18-14-32(28-27-18)20-15-31(12-17(20)11-21(29)33)23(35)16-4-6-25-7-5-16/h2-7,9,14,17,20H,8,10-13,15H2,1H3,(H,26,34)/t17-,20+/m0/s1. The zero-order valence-electron chi connectivity index (χ0n) is 19.8. The van der Waals surface area contributed by atoms with Crippen molar-refractivity contribution < 1.29 is 14.4 Å². The van der Waals surface area contributed by atoms with Crippen LogP contribution in [0.1, 0.15) is 38.9 Å². The highest BCUT2D eigenvalue weighted by Crippen LogP contribution is 2.31. The van der Waals surface area contributed by atoms with Gasteiger partial charge in [-0.15, -0.1) is 5.10 Å². The Hall–Kier alpha value is -4.35. The normalized spacial score (nSPS) is 20.7. The number of pyridine rings is 2. The topological polar surface area (TPSA) is 135 Å². The molecule has 2 aliphatic rings. The van der Waals surface area contributed by atoms with E-state index in [4.69, 9.17) is 0 Å². The van der Waals surface area contributed by atoms with Crippen LogP contribution in [0, 0.1) is 5.92 Å². The molecule has 0 aromatic carbocycles. The van der Waals surface area contributed by atoms with Crippen molar-refractivity contribution in [1.29, 1.82) is 0 Å². The summed E-state index contributed by atoms with van der Waals surface area (Å²) in [5, 5.41) is 11.2. The van der Waals surface area contributed by atoms with Crippen LogP contribution in [-0.2, 0) is 11.3 Å². The highest BCUT2D eigenvalue weighted by atomic mass is 16.2. The first-order valence-corrected chi connectivity index (χ1v) is 11.7. The van der Waals surface area contributed by atoms with Gasteiger partial charge in [0.05, 0.1) is 18.8 Å². The van der Waals surface area contributed by atoms with Gasteiger partial charge in [0.1, 0.15) is 11.3 Å². The molecule has 36 heavy (non-hydrogen) atoms. The Labute approximate surface area is 206 Å². The first-order valence-electron chi connectivity index (χ1n) is 11.7. The lowest BCUT2D eigenvalue weighted by molar-refractivity contribution is -0.131. The summed E-state index contributed by atoms with van der Waals surface area (Å²) in [6, 6.07) is 6.18. The maximum atomic E-state index is 13.1. The molecule has 5 rings (SSSR count). The maximum absolute atomic E-state index is 13.1. The minimum atomic E-state index is -0.493. The van der Waals surface area contributed by atoms with Gasteiger partial charge in [0.25, 0.3) is 17.4 Å². The van der Waals surface area contributed by atoms with Crippen molar-refractivity contribution in [2.24, 2.45) is 5.92 Å². The van der Waals surface area contributed by atoms with Gasteiger partial charge >= 0.3 is 0 Å². The molecule has 0 radical (unpaired) electrons. The van der Waals surface area contributed by atoms with Crippen molar-refractivity contribution >= 4 is 17.7 Å². The van der Waals surface area contributed by atoms with Gasteiger partial charge < -0.3 is 19.7 Å². The average molecular weight is 491 g/mol. The fourth-order valence-corrected chi connectivity index (χ4v) is 4.69. The van der Waals surface area contributed by atoms with Gasteiger partial charge in [-0.2, -0.15) is 0 Å². The number of likely N-dealkylation sites (N-methyl/N-ethyl adjacent to an activating group) is 1. The Morgan fingerprint density at radius 2 is 1.92 bits per heavy atom. The second kappa shape index (κ2) is 9.72. The lowest BCUT2D eigenvalue weighted by atomic mass is 9.99. The molecule has 0 spiro atoms. The van der Waals surface area contributed by atoms with E-state index in [0.29, 0.717) is 24.3 Å². The molecule has 2 aliphatic heterocycles. The number of nitrogens with one attached hydrogen (secondary N) is 1. The molecule has 4 bridgehead atoms. The van der Waals surface area contributed by atoms with Crippen LogP contribution in [-0.4, -0.2) is 85.3 Å². The smallest absolute Gasteiger partial charge is 0.263 e. The fraction of sp³-hybridized carbons (Fsp3) is 0.375. The second-order valence-corrected chi connectivity index (χ2v) is 9.09. The van der Waals surface area contributed by atoms with Crippen LogP contribution in [0.4, 0.5) is 0 Å². The van der Waals surface area contributed by atoms with Crippen LogP contribution in [0.3, 0.4) is 0 Å². The molecule has 1 fully saturated rings. The first kappa shape index (κ1) is 23.4. The first-order chi connectivity index (χ1) is 17.4. The van der Waals surface area contributed by atoms with E-state index in [0.717, 1.165) is 0 Å². The van der Waals surface area contributed by atoms with Gasteiger partial charge in [0.2, 0.25) is 5.91 Å². The zero-order valence-corrected chi connectivity index (χ0v) is 19.8. The van der Waals surface area contributed by atoms with Gasteiger partial charge in [0.15, 0.2) is 0 Å². The van der Waals surface area contributed by atoms with Crippen molar-refractivity contribution in [2.75, 3.05) is 33.2 Å². The average Bonchev–Trinajstić information content (AvgIpc) is 3.51. The molecule has 5 heterocycles. The van der Waals surface area contributed by atoms with Crippen molar-refractivity contribution in [2.45, 2.75) is 19.0 Å². The molecule has 1 N–H and O–H groups in total. The van der Waals surface area contributed by atoms with Gasteiger partial charge in [-0.1, -0.05) is 5.21 Å². The number of likely N-dealkylation sites (tertiary alicyclic amines) is 1. The molecular formula is C24H26N8O4. The van der Waals surface area contributed by atoms with Crippen LogP contribution in [0.5, 0.6) is 0 Å². The summed E-state index contributed by atoms with van der Waals surface area (Å²) in [5.41, 5.74) is 0.643. The molecule has 3 aromatic heterocycles. The van der Waals surface area contributed by atoms with E-state index in [-0.39, 0.29) is 55.4 Å². The summed E-state index contributed by atoms with van der Waals surface area (Å²) in [6.45, 7) is 1.39. The van der Waals surface area contributed by atoms with E-state index < -0.39 is 11.5 Å². The van der Waals surface area contributed by atoms with Crippen molar-refractivity contribution in [3.8, 4) is 0 Å². The van der Waals surface area contributed by atoms with Crippen LogP contribution < -0.4 is 10.9 Å². The number of hydrogen-bond donors (Lipinski definition) is 1. The molecule has 1 saturated heterocycles. The summed E-state index contributed by atoms with van der Waals surface area (Å²) in [5.74, 6) is -0.920. The highest BCUT2D eigenvalue weighted by Gasteiger charge is 2.39. The van der Waals surface area contributed by atoms with Crippen molar-refractivity contribution in [3.05, 3.63) is 76.2 Å². The zero-order chi connectivity index (χ0) is 25.2. The second-order valence-electron chi connectivity index (χ2n) is 9.09. The predicted molar refractivity (Wildman–Crippen MR) is 127 cm³/mol. The molecular weight excluding hydrogens is 464 g/mol. The number of fused-ring (bicyclic) bond motifs is 6. The number of nitrogens with zero attached hydrogens (tertiary/aromatic N) is 7. The maximum Gasteiger partial charge on any atom is 0.263 e. The van der Waals surface area contributed by atoms with Crippen molar-refractivity contribution in [3.63, 3.8) is 0 Å². The third-order valence-electron chi connectivity index (χ3n) is 6.71. The molecule has 0 unspecified atom stereocenters. The molecule has 0 aliphatic carbocycles. The molecule has 186 valence electrons. The van der Waals surface area contributed by atoms with Gasteiger partial charge in [0, 0.05) is 69.7 Å². The van der Waals surface area contributed by atoms with Crippen LogP contribution in [0.2, 0.25) is 0 Å². The third-order valence-corrected chi connectivity index (χ3v) is 6.71. The summed E-state index contributed by atoms with van der Waals surface area (Å²) < 4.78 is 3.09. The fourth-order valence-electron chi connectivity index (χ4n) is 4.69. The lowest BCUT2D eigenvalue weighted by Gasteiger charge is -2.22. The van der Waals surface area contributed by atoms with Gasteiger partial charge in [-0.25, -0.2) is 4.68 Å². The monoisotopic (exact) mass is 490 g/mol. The number of carbonyl (C=O) groups is 3. The minimum Gasteiger partial charge on any atom is -0.350 e. The SMILES string of the molecule is CN1CCNC(=O)c2cccn(c2=O)Cc2cn(nn2)[C@@H]2CN(C(=O)c3ccncc3)C[C@@H]2CC1=O. The molecule has 2 atom stereocenters. The third kappa shape index (κ3) is 4.61. The van der Waals surface area contributed by atoms with E-state index in [2.05, 4.69) is 20.6 Å². The molecule has 0 saturated carbocycles. The molecule has 12 nitrogen and oxygen atoms in total. The molecule has 12 heteroatoms. The summed E-state index contributed by atoms with van der Waals surface area (Å²) in [7, 11) is 1.67. The number of aromatic nitrogens is 5. The summed E-state index contributed by atoms with van der Waals surface area (Å²) in [4.78, 5) is 58.9. The van der Waals surface area contributed by atoms with E-state index in [1.54, 1.807) is 64.5 Å². The predicted octanol–water partition coefficient (Wildman–Crippen LogP) is -0.212. The number of hydrogen-bond acceptors (Lipinski definition) is 7. The van der Waals surface area contributed by atoms with E-state index in [9.17, 15) is 19.2 Å². The largest absolute Gasteiger partial charge is 0.350 e. The van der Waals surface area contributed by atoms with E-state index in [1.807, 2.05) is 0 Å². The Morgan fingerprint density at radius 3 is 2.72 bits per heavy atom. The van der Waals surface area contributed by atoms with Crippen LogP contribution in [0.15, 0.2) is 53.8 Å². The highest BCUT2D eigenvalue weighted by molar-refractivity contribution is 5.94. The van der Waals surface area contributed by atoms with Gasteiger partial charge in [-0.3, -0.25) is 24.2 Å². The van der Waals surface area contributed by atoms with E-state index in [1.165, 1.54) is 10.6 Å². The number of carbonyl (C=O) groups excluding carboxylic acids is 3. The Bertz CT molecular complexity index is 1350. The van der Waals surface area contributed by atoms with Crippen LogP contribution >= 0.6 is 0 Å². The minimum absolute atomic E-state index is 0.0205. The Kier molecular flexibility index (Phi) is 6.32. The lowest BCUT2D eigenvalue weighted by Crippen LogP contribution is -2.39. The van der Waals surface area contributed by atoms with Gasteiger partial charge in [-0.05, 0) is 24.3 Å². The Morgan fingerprint density at radius 1 is 1.11 bits per heavy atom. The number of amides is 3. The summed E-state index contributed by atoms with van der Waals surface area (Å²) >= 11 is 0. The van der Waals surface area contributed by atoms with Crippen molar-refractivity contribution in [1.82, 2.24) is 39.7 Å². The number of rotatable bonds is 1. The van der Waals surface area contributed by atoms with Crippen LogP contribution in [0.25, 0.3) is 0 Å². The molecule has 3 aromatic rings. The van der Waals surface area contributed by atoms with E-state index >= 15 is 0 Å². The quantitative estimate of drug-likeness (QED) is 0.499. The Balaban J connectivity index is 1.47. The summed E-state index contributed by atoms with van der Waals surface area (Å²) in [6.07, 6.45) is 6.69. The molecule has 3 amide bonds.